The number of thiazole rings is 1. The van der Waals surface area contributed by atoms with Crippen LogP contribution in [0.4, 0.5) is 5.13 Å². The zero-order valence-electron chi connectivity index (χ0n) is 12.5. The smallest absolute Gasteiger partial charge is 0.185 e. The normalized spacial score (nSPS) is 20.6. The molecular formula is C15H27N3S. The van der Waals surface area contributed by atoms with Crippen molar-refractivity contribution in [1.29, 1.82) is 0 Å². The second-order valence-corrected chi connectivity index (χ2v) is 6.67. The van der Waals surface area contributed by atoms with Gasteiger partial charge in [0.1, 0.15) is 0 Å². The molecule has 0 radical (unpaired) electrons. The molecule has 0 aliphatic carbocycles. The van der Waals surface area contributed by atoms with Crippen molar-refractivity contribution < 1.29 is 0 Å². The Bertz CT molecular complexity index is 389. The molecule has 108 valence electrons. The second kappa shape index (κ2) is 7.25. The van der Waals surface area contributed by atoms with Crippen molar-refractivity contribution in [1.82, 2.24) is 10.3 Å². The van der Waals surface area contributed by atoms with E-state index in [1.807, 2.05) is 18.4 Å². The fourth-order valence-electron chi connectivity index (χ4n) is 2.93. The molecule has 19 heavy (non-hydrogen) atoms. The molecule has 4 heteroatoms. The number of aromatic nitrogens is 1. The first-order valence-electron chi connectivity index (χ1n) is 7.60. The Morgan fingerprint density at radius 2 is 2.21 bits per heavy atom. The number of nitrogens with one attached hydrogen (secondary N) is 1. The Hall–Kier alpha value is -0.610. The Morgan fingerprint density at radius 1 is 1.37 bits per heavy atom. The standard InChI is InChI=1S/C15H27N3S/c1-4-6-13-7-5-9-18(10-8-13)15-17-12(2)14(19-15)11-16-3/h13,16H,4-11H2,1-3H3. The van der Waals surface area contributed by atoms with Gasteiger partial charge in [-0.1, -0.05) is 19.8 Å². The van der Waals surface area contributed by atoms with Crippen LogP contribution in [-0.2, 0) is 6.54 Å². The Balaban J connectivity index is 1.99. The number of anilines is 1. The average Bonchev–Trinajstić information content (AvgIpc) is 2.63. The lowest BCUT2D eigenvalue weighted by Gasteiger charge is -2.19. The minimum Gasteiger partial charge on any atom is -0.348 e. The van der Waals surface area contributed by atoms with Crippen molar-refractivity contribution in [3.8, 4) is 0 Å². The molecule has 1 N–H and O–H groups in total. The van der Waals surface area contributed by atoms with Gasteiger partial charge in [0.15, 0.2) is 5.13 Å². The van der Waals surface area contributed by atoms with Gasteiger partial charge in [0, 0.05) is 24.5 Å². The van der Waals surface area contributed by atoms with Crippen molar-refractivity contribution in [3.63, 3.8) is 0 Å². The van der Waals surface area contributed by atoms with E-state index in [1.54, 1.807) is 0 Å². The maximum Gasteiger partial charge on any atom is 0.185 e. The summed E-state index contributed by atoms with van der Waals surface area (Å²) in [6, 6.07) is 0. The zero-order valence-corrected chi connectivity index (χ0v) is 13.4. The van der Waals surface area contributed by atoms with Gasteiger partial charge in [-0.3, -0.25) is 0 Å². The minimum absolute atomic E-state index is 0.938. The third kappa shape index (κ3) is 3.93. The monoisotopic (exact) mass is 281 g/mol. The van der Waals surface area contributed by atoms with Crippen LogP contribution in [0, 0.1) is 12.8 Å². The molecule has 1 unspecified atom stereocenters. The summed E-state index contributed by atoms with van der Waals surface area (Å²) in [5, 5.41) is 4.47. The van der Waals surface area contributed by atoms with Crippen molar-refractivity contribution in [2.45, 2.75) is 52.5 Å². The molecule has 0 aromatic carbocycles. The van der Waals surface area contributed by atoms with E-state index in [4.69, 9.17) is 4.98 Å². The lowest BCUT2D eigenvalue weighted by atomic mass is 9.96. The van der Waals surface area contributed by atoms with E-state index in [0.29, 0.717) is 0 Å². The van der Waals surface area contributed by atoms with Crippen LogP contribution in [0.15, 0.2) is 0 Å². The summed E-state index contributed by atoms with van der Waals surface area (Å²) in [6.07, 6.45) is 6.79. The maximum absolute atomic E-state index is 4.77. The highest BCUT2D eigenvalue weighted by atomic mass is 32.1. The zero-order chi connectivity index (χ0) is 13.7. The number of hydrogen-bond donors (Lipinski definition) is 1. The summed E-state index contributed by atoms with van der Waals surface area (Å²) in [7, 11) is 2.00. The first-order valence-corrected chi connectivity index (χ1v) is 8.42. The van der Waals surface area contributed by atoms with Crippen LogP contribution in [0.3, 0.4) is 0 Å². The van der Waals surface area contributed by atoms with Gasteiger partial charge in [0.25, 0.3) is 0 Å². The molecule has 1 aromatic heterocycles. The van der Waals surface area contributed by atoms with Crippen LogP contribution in [0.5, 0.6) is 0 Å². The van der Waals surface area contributed by atoms with Gasteiger partial charge in [-0.2, -0.15) is 0 Å². The number of hydrogen-bond acceptors (Lipinski definition) is 4. The Morgan fingerprint density at radius 3 is 2.95 bits per heavy atom. The fraction of sp³-hybridized carbons (Fsp3) is 0.800. The molecular weight excluding hydrogens is 254 g/mol. The van der Waals surface area contributed by atoms with Crippen LogP contribution in [0.1, 0.15) is 49.6 Å². The highest BCUT2D eigenvalue weighted by Gasteiger charge is 2.19. The predicted octanol–water partition coefficient (Wildman–Crippen LogP) is 3.58. The molecule has 1 fully saturated rings. The van der Waals surface area contributed by atoms with Gasteiger partial charge in [-0.15, -0.1) is 11.3 Å². The lowest BCUT2D eigenvalue weighted by Crippen LogP contribution is -2.24. The van der Waals surface area contributed by atoms with Gasteiger partial charge in [-0.25, -0.2) is 4.98 Å². The van der Waals surface area contributed by atoms with Crippen LogP contribution < -0.4 is 10.2 Å². The summed E-state index contributed by atoms with van der Waals surface area (Å²) in [4.78, 5) is 8.66. The van der Waals surface area contributed by atoms with Gasteiger partial charge in [-0.05, 0) is 39.2 Å². The SMILES string of the molecule is CCCC1CCCN(c2nc(C)c(CNC)s2)CC1. The number of rotatable bonds is 5. The van der Waals surface area contributed by atoms with Gasteiger partial charge in [0.05, 0.1) is 5.69 Å². The first-order chi connectivity index (χ1) is 9.24. The van der Waals surface area contributed by atoms with Gasteiger partial charge < -0.3 is 10.2 Å². The van der Waals surface area contributed by atoms with Crippen molar-refractivity contribution in [2.24, 2.45) is 5.92 Å². The van der Waals surface area contributed by atoms with E-state index < -0.39 is 0 Å². The molecule has 1 saturated heterocycles. The predicted molar refractivity (Wildman–Crippen MR) is 84.1 cm³/mol. The van der Waals surface area contributed by atoms with Crippen LogP contribution in [0.25, 0.3) is 0 Å². The summed E-state index contributed by atoms with van der Waals surface area (Å²) in [5.41, 5.74) is 1.20. The van der Waals surface area contributed by atoms with E-state index in [0.717, 1.165) is 12.5 Å². The minimum atomic E-state index is 0.938. The highest BCUT2D eigenvalue weighted by Crippen LogP contribution is 2.30. The molecule has 1 aromatic rings. The van der Waals surface area contributed by atoms with Crippen LogP contribution in [-0.4, -0.2) is 25.1 Å². The Labute approximate surface area is 121 Å². The number of nitrogens with zero attached hydrogens (tertiary/aromatic N) is 2. The molecule has 2 heterocycles. The molecule has 0 amide bonds. The van der Waals surface area contributed by atoms with E-state index in [9.17, 15) is 0 Å². The number of aryl methyl sites for hydroxylation is 1. The van der Waals surface area contributed by atoms with E-state index in [-0.39, 0.29) is 0 Å². The first kappa shape index (κ1) is 14.8. The largest absolute Gasteiger partial charge is 0.348 e. The lowest BCUT2D eigenvalue weighted by molar-refractivity contribution is 0.435. The third-order valence-corrected chi connectivity index (χ3v) is 5.25. The molecule has 2 rings (SSSR count). The Kier molecular flexibility index (Phi) is 5.64. The molecule has 0 spiro atoms. The van der Waals surface area contributed by atoms with E-state index >= 15 is 0 Å². The molecule has 1 aliphatic heterocycles. The quantitative estimate of drug-likeness (QED) is 0.894. The van der Waals surface area contributed by atoms with Gasteiger partial charge in [0.2, 0.25) is 0 Å². The summed E-state index contributed by atoms with van der Waals surface area (Å²) >= 11 is 1.87. The van der Waals surface area contributed by atoms with Crippen LogP contribution >= 0.6 is 11.3 Å². The highest BCUT2D eigenvalue weighted by molar-refractivity contribution is 7.15. The fourth-order valence-corrected chi connectivity index (χ4v) is 4.05. The third-order valence-electron chi connectivity index (χ3n) is 4.03. The molecule has 1 atom stereocenters. The van der Waals surface area contributed by atoms with Crippen LogP contribution in [0.2, 0.25) is 0 Å². The second-order valence-electron chi connectivity index (χ2n) is 5.61. The summed E-state index contributed by atoms with van der Waals surface area (Å²) < 4.78 is 0. The van der Waals surface area contributed by atoms with Gasteiger partial charge >= 0.3 is 0 Å². The molecule has 3 nitrogen and oxygen atoms in total. The maximum atomic E-state index is 4.77. The topological polar surface area (TPSA) is 28.2 Å². The molecule has 1 aliphatic rings. The molecule has 0 bridgehead atoms. The summed E-state index contributed by atoms with van der Waals surface area (Å²) in [6.45, 7) is 7.75. The van der Waals surface area contributed by atoms with Crippen molar-refractivity contribution in [3.05, 3.63) is 10.6 Å². The van der Waals surface area contributed by atoms with Crippen molar-refractivity contribution >= 4 is 16.5 Å². The summed E-state index contributed by atoms with van der Waals surface area (Å²) in [5.74, 6) is 0.938. The van der Waals surface area contributed by atoms with E-state index in [2.05, 4.69) is 24.1 Å². The van der Waals surface area contributed by atoms with E-state index in [1.165, 1.54) is 60.9 Å². The average molecular weight is 281 g/mol. The molecule has 0 saturated carbocycles. The van der Waals surface area contributed by atoms with Crippen molar-refractivity contribution in [2.75, 3.05) is 25.0 Å².